The Labute approximate surface area is 139 Å². The molecule has 1 aromatic carbocycles. The number of hydrogen-bond acceptors (Lipinski definition) is 3. The van der Waals surface area contributed by atoms with Gasteiger partial charge in [0.05, 0.1) is 16.0 Å². The Morgan fingerprint density at radius 1 is 1.32 bits per heavy atom. The van der Waals surface area contributed by atoms with Crippen LogP contribution in [0.5, 0.6) is 0 Å². The number of thioether (sulfide) groups is 1. The minimum Gasteiger partial charge on any atom is -0.481 e. The number of halogens is 1. The Morgan fingerprint density at radius 2 is 2.00 bits per heavy atom. The molecule has 2 rings (SSSR count). The predicted molar refractivity (Wildman–Crippen MR) is 88.7 cm³/mol. The van der Waals surface area contributed by atoms with Crippen LogP contribution in [0.4, 0.5) is 0 Å². The number of nitrogens with one attached hydrogen (secondary N) is 1. The molecular formula is C16H20ClNO3S. The van der Waals surface area contributed by atoms with Crippen LogP contribution in [-0.4, -0.2) is 29.8 Å². The zero-order valence-corrected chi connectivity index (χ0v) is 14.1. The summed E-state index contributed by atoms with van der Waals surface area (Å²) in [4.78, 5) is 24.9. The molecule has 1 fully saturated rings. The molecule has 4 nitrogen and oxygen atoms in total. The van der Waals surface area contributed by atoms with Crippen LogP contribution in [0.3, 0.4) is 0 Å². The number of carbonyl (C=O) groups is 2. The zero-order valence-electron chi connectivity index (χ0n) is 12.5. The standard InChI is InChI=1S/C16H20ClNO3S/c1-22-11-5-6-13(17)12(9-11)14(19)18-10-16(15(20)21)7-3-2-4-8-16/h5-6,9H,2-4,7-8,10H2,1H3,(H,18,19)(H,20,21). The van der Waals surface area contributed by atoms with Gasteiger partial charge in [-0.2, -0.15) is 0 Å². The molecule has 0 unspecified atom stereocenters. The number of hydrogen-bond donors (Lipinski definition) is 2. The minimum atomic E-state index is -0.836. The van der Waals surface area contributed by atoms with Crippen LogP contribution < -0.4 is 5.32 Å². The highest BCUT2D eigenvalue weighted by atomic mass is 35.5. The molecule has 120 valence electrons. The molecule has 1 aliphatic carbocycles. The van der Waals surface area contributed by atoms with Crippen molar-refractivity contribution in [1.29, 1.82) is 0 Å². The lowest BCUT2D eigenvalue weighted by Gasteiger charge is -2.33. The summed E-state index contributed by atoms with van der Waals surface area (Å²) in [7, 11) is 0. The van der Waals surface area contributed by atoms with Crippen LogP contribution in [0.2, 0.25) is 5.02 Å². The van der Waals surface area contributed by atoms with E-state index in [-0.39, 0.29) is 12.5 Å². The molecular weight excluding hydrogens is 322 g/mol. The molecule has 2 N–H and O–H groups in total. The molecule has 0 atom stereocenters. The monoisotopic (exact) mass is 341 g/mol. The number of amides is 1. The Bertz CT molecular complexity index is 571. The molecule has 0 bridgehead atoms. The molecule has 0 aromatic heterocycles. The Hall–Kier alpha value is -1.20. The van der Waals surface area contributed by atoms with Crippen molar-refractivity contribution in [3.8, 4) is 0 Å². The molecule has 0 heterocycles. The third-order valence-electron chi connectivity index (χ3n) is 4.27. The second-order valence-electron chi connectivity index (χ2n) is 5.67. The number of carbonyl (C=O) groups excluding carboxylic acids is 1. The van der Waals surface area contributed by atoms with Crippen LogP contribution in [0.15, 0.2) is 23.1 Å². The van der Waals surface area contributed by atoms with Gasteiger partial charge in [-0.05, 0) is 37.3 Å². The Kier molecular flexibility index (Phi) is 5.75. The third-order valence-corrected chi connectivity index (χ3v) is 5.32. The fourth-order valence-electron chi connectivity index (χ4n) is 2.84. The van der Waals surface area contributed by atoms with Crippen molar-refractivity contribution >= 4 is 35.2 Å². The van der Waals surface area contributed by atoms with E-state index in [0.29, 0.717) is 23.4 Å². The molecule has 6 heteroatoms. The van der Waals surface area contributed by atoms with Gasteiger partial charge in [0.1, 0.15) is 0 Å². The van der Waals surface area contributed by atoms with E-state index >= 15 is 0 Å². The fourth-order valence-corrected chi connectivity index (χ4v) is 3.49. The van der Waals surface area contributed by atoms with Gasteiger partial charge >= 0.3 is 5.97 Å². The van der Waals surface area contributed by atoms with Gasteiger partial charge in [-0.15, -0.1) is 11.8 Å². The van der Waals surface area contributed by atoms with Gasteiger partial charge in [-0.25, -0.2) is 0 Å². The summed E-state index contributed by atoms with van der Waals surface area (Å²) in [5, 5.41) is 12.7. The van der Waals surface area contributed by atoms with Crippen LogP contribution in [0.25, 0.3) is 0 Å². The van der Waals surface area contributed by atoms with Crippen molar-refractivity contribution in [2.75, 3.05) is 12.8 Å². The van der Waals surface area contributed by atoms with Crippen LogP contribution in [0, 0.1) is 5.41 Å². The lowest BCUT2D eigenvalue weighted by atomic mass is 9.74. The number of carboxylic acids is 1. The molecule has 22 heavy (non-hydrogen) atoms. The Balaban J connectivity index is 2.10. The molecule has 1 saturated carbocycles. The second-order valence-corrected chi connectivity index (χ2v) is 6.96. The molecule has 0 saturated heterocycles. The summed E-state index contributed by atoms with van der Waals surface area (Å²) < 4.78 is 0. The topological polar surface area (TPSA) is 66.4 Å². The minimum absolute atomic E-state index is 0.154. The van der Waals surface area contributed by atoms with Crippen LogP contribution in [-0.2, 0) is 4.79 Å². The largest absolute Gasteiger partial charge is 0.481 e. The molecule has 0 radical (unpaired) electrons. The lowest BCUT2D eigenvalue weighted by Crippen LogP contribution is -2.44. The van der Waals surface area contributed by atoms with E-state index in [0.717, 1.165) is 24.2 Å². The van der Waals surface area contributed by atoms with E-state index in [1.807, 2.05) is 12.3 Å². The highest BCUT2D eigenvalue weighted by Crippen LogP contribution is 2.36. The molecule has 1 aromatic rings. The maximum Gasteiger partial charge on any atom is 0.311 e. The molecule has 0 spiro atoms. The lowest BCUT2D eigenvalue weighted by molar-refractivity contribution is -0.150. The van der Waals surface area contributed by atoms with Gasteiger partial charge in [-0.3, -0.25) is 9.59 Å². The van der Waals surface area contributed by atoms with E-state index in [1.54, 1.807) is 12.1 Å². The number of aliphatic carboxylic acids is 1. The van der Waals surface area contributed by atoms with E-state index in [9.17, 15) is 14.7 Å². The Morgan fingerprint density at radius 3 is 2.59 bits per heavy atom. The van der Waals surface area contributed by atoms with Crippen LogP contribution >= 0.6 is 23.4 Å². The fraction of sp³-hybridized carbons (Fsp3) is 0.500. The zero-order chi connectivity index (χ0) is 16.2. The van der Waals surface area contributed by atoms with Gasteiger partial charge < -0.3 is 10.4 Å². The first-order valence-corrected chi connectivity index (χ1v) is 8.94. The van der Waals surface area contributed by atoms with Crippen molar-refractivity contribution < 1.29 is 14.7 Å². The normalized spacial score (nSPS) is 17.0. The average molecular weight is 342 g/mol. The first kappa shape index (κ1) is 17.2. The summed E-state index contributed by atoms with van der Waals surface area (Å²) >= 11 is 7.61. The van der Waals surface area contributed by atoms with Gasteiger partial charge in [0.25, 0.3) is 5.91 Å². The summed E-state index contributed by atoms with van der Waals surface area (Å²) in [5.74, 6) is -1.14. The highest BCUT2D eigenvalue weighted by Gasteiger charge is 2.39. The second kappa shape index (κ2) is 7.38. The van der Waals surface area contributed by atoms with E-state index in [2.05, 4.69) is 5.32 Å². The van der Waals surface area contributed by atoms with Crippen molar-refractivity contribution in [1.82, 2.24) is 5.32 Å². The van der Waals surface area contributed by atoms with Crippen molar-refractivity contribution in [3.63, 3.8) is 0 Å². The highest BCUT2D eigenvalue weighted by molar-refractivity contribution is 7.98. The van der Waals surface area contributed by atoms with Crippen LogP contribution in [0.1, 0.15) is 42.5 Å². The van der Waals surface area contributed by atoms with Gasteiger partial charge in [0.2, 0.25) is 0 Å². The van der Waals surface area contributed by atoms with E-state index in [1.165, 1.54) is 11.8 Å². The first-order valence-electron chi connectivity index (χ1n) is 7.34. The maximum atomic E-state index is 12.3. The molecule has 1 aliphatic rings. The van der Waals surface area contributed by atoms with E-state index in [4.69, 9.17) is 11.6 Å². The summed E-state index contributed by atoms with van der Waals surface area (Å²) in [5.41, 5.74) is -0.442. The third kappa shape index (κ3) is 3.76. The van der Waals surface area contributed by atoms with Gasteiger partial charge in [-0.1, -0.05) is 30.9 Å². The quantitative estimate of drug-likeness (QED) is 0.799. The number of rotatable bonds is 5. The van der Waals surface area contributed by atoms with Crippen molar-refractivity contribution in [2.24, 2.45) is 5.41 Å². The summed E-state index contributed by atoms with van der Waals surface area (Å²) in [6.07, 6.45) is 6.00. The molecule has 1 amide bonds. The smallest absolute Gasteiger partial charge is 0.311 e. The van der Waals surface area contributed by atoms with Gasteiger partial charge in [0, 0.05) is 11.4 Å². The predicted octanol–water partition coefficient (Wildman–Crippen LogP) is 3.83. The van der Waals surface area contributed by atoms with E-state index < -0.39 is 11.4 Å². The summed E-state index contributed by atoms with van der Waals surface area (Å²) in [6.45, 7) is 0.154. The van der Waals surface area contributed by atoms with Gasteiger partial charge in [0.15, 0.2) is 0 Å². The SMILES string of the molecule is CSc1ccc(Cl)c(C(=O)NCC2(C(=O)O)CCCCC2)c1. The maximum absolute atomic E-state index is 12.3. The van der Waals surface area contributed by atoms with Crippen molar-refractivity contribution in [2.45, 2.75) is 37.0 Å². The number of carboxylic acid groups (broad SMARTS) is 1. The summed E-state index contributed by atoms with van der Waals surface area (Å²) in [6, 6.07) is 5.27. The first-order chi connectivity index (χ1) is 10.5. The average Bonchev–Trinajstić information content (AvgIpc) is 2.54. The number of benzene rings is 1. The van der Waals surface area contributed by atoms with Crippen molar-refractivity contribution in [3.05, 3.63) is 28.8 Å². The molecule has 0 aliphatic heterocycles.